The number of imidazole rings is 1. The summed E-state index contributed by atoms with van der Waals surface area (Å²) in [6.45, 7) is 0. The zero-order valence-corrected chi connectivity index (χ0v) is 9.62. The first kappa shape index (κ1) is 11.3. The molecule has 0 aliphatic heterocycles. The topological polar surface area (TPSA) is 67.5 Å². The number of fused-ring (bicyclic) bond motifs is 1. The third-order valence-corrected chi connectivity index (χ3v) is 2.70. The van der Waals surface area contributed by atoms with Gasteiger partial charge >= 0.3 is 5.97 Å². The van der Waals surface area contributed by atoms with Gasteiger partial charge in [-0.25, -0.2) is 18.7 Å². The zero-order valence-electron chi connectivity index (χ0n) is 9.62. The summed E-state index contributed by atoms with van der Waals surface area (Å²) in [7, 11) is 0. The molecular formula is C13H8FN3O2. The number of benzene rings is 1. The Bertz CT molecular complexity index is 782. The van der Waals surface area contributed by atoms with Crippen molar-refractivity contribution in [1.82, 2.24) is 14.6 Å². The molecule has 0 fully saturated rings. The highest BCUT2D eigenvalue weighted by Crippen LogP contribution is 2.22. The van der Waals surface area contributed by atoms with E-state index in [-0.39, 0.29) is 5.69 Å². The molecule has 0 atom stereocenters. The third-order valence-electron chi connectivity index (χ3n) is 2.70. The fourth-order valence-corrected chi connectivity index (χ4v) is 1.90. The van der Waals surface area contributed by atoms with Crippen LogP contribution in [0.1, 0.15) is 10.5 Å². The van der Waals surface area contributed by atoms with Crippen molar-refractivity contribution >= 4 is 11.5 Å². The first-order valence-electron chi connectivity index (χ1n) is 5.50. The van der Waals surface area contributed by atoms with E-state index >= 15 is 0 Å². The number of carbonyl (C=O) groups is 1. The fourth-order valence-electron chi connectivity index (χ4n) is 1.90. The number of rotatable bonds is 2. The van der Waals surface area contributed by atoms with Crippen LogP contribution in [0.4, 0.5) is 4.39 Å². The highest BCUT2D eigenvalue weighted by atomic mass is 19.1. The van der Waals surface area contributed by atoms with Crippen molar-refractivity contribution < 1.29 is 14.3 Å². The largest absolute Gasteiger partial charge is 0.476 e. The molecule has 0 saturated carbocycles. The molecule has 0 aliphatic rings. The average Bonchev–Trinajstić information content (AvgIpc) is 2.78. The second kappa shape index (κ2) is 4.16. The molecule has 3 aromatic rings. The summed E-state index contributed by atoms with van der Waals surface area (Å²) in [4.78, 5) is 15.2. The minimum atomic E-state index is -1.15. The van der Waals surface area contributed by atoms with E-state index < -0.39 is 11.8 Å². The number of halogens is 1. The zero-order chi connectivity index (χ0) is 13.4. The second-order valence-electron chi connectivity index (χ2n) is 3.92. The summed E-state index contributed by atoms with van der Waals surface area (Å²) in [5, 5.41) is 13.2. The predicted molar refractivity (Wildman–Crippen MR) is 65.3 cm³/mol. The summed E-state index contributed by atoms with van der Waals surface area (Å²) in [6.07, 6.45) is 1.52. The first-order valence-corrected chi connectivity index (χ1v) is 5.50. The lowest BCUT2D eigenvalue weighted by molar-refractivity contribution is 0.0693. The summed E-state index contributed by atoms with van der Waals surface area (Å²) < 4.78 is 14.6. The lowest BCUT2D eigenvalue weighted by atomic mass is 10.2. The van der Waals surface area contributed by atoms with Crippen LogP contribution in [0.25, 0.3) is 16.9 Å². The molecule has 1 N–H and O–H groups in total. The smallest absolute Gasteiger partial charge is 0.356 e. The normalized spacial score (nSPS) is 10.8. The van der Waals surface area contributed by atoms with E-state index in [0.29, 0.717) is 16.9 Å². The number of hydrogen-bond donors (Lipinski definition) is 1. The number of carboxylic acids is 1. The lowest BCUT2D eigenvalue weighted by Gasteiger charge is -1.99. The van der Waals surface area contributed by atoms with Gasteiger partial charge in [0, 0.05) is 11.8 Å². The maximum absolute atomic E-state index is 13.2. The number of nitrogens with zero attached hydrogens (tertiary/aromatic N) is 3. The van der Waals surface area contributed by atoms with Crippen LogP contribution in [0.2, 0.25) is 0 Å². The molecule has 5 nitrogen and oxygen atoms in total. The number of aromatic carboxylic acids is 1. The van der Waals surface area contributed by atoms with Crippen molar-refractivity contribution in [3.8, 4) is 11.4 Å². The van der Waals surface area contributed by atoms with Crippen molar-refractivity contribution in [1.29, 1.82) is 0 Å². The van der Waals surface area contributed by atoms with Gasteiger partial charge < -0.3 is 5.11 Å². The van der Waals surface area contributed by atoms with Gasteiger partial charge in [0.2, 0.25) is 0 Å². The van der Waals surface area contributed by atoms with Gasteiger partial charge in [-0.15, -0.1) is 0 Å². The standard InChI is InChI=1S/C13H8FN3O2/c14-9-4-1-3-8(7-9)12-16-11(13(18)19)10-5-2-6-15-17(10)12/h1-7H,(H,18,19). The molecule has 0 amide bonds. The van der Waals surface area contributed by atoms with Gasteiger partial charge in [-0.1, -0.05) is 12.1 Å². The molecule has 19 heavy (non-hydrogen) atoms. The van der Waals surface area contributed by atoms with Crippen LogP contribution in [0.15, 0.2) is 42.6 Å². The molecular weight excluding hydrogens is 249 g/mol. The van der Waals surface area contributed by atoms with Gasteiger partial charge in [0.05, 0.1) is 0 Å². The van der Waals surface area contributed by atoms with E-state index in [1.54, 1.807) is 18.2 Å². The highest BCUT2D eigenvalue weighted by molar-refractivity contribution is 5.94. The molecule has 6 heteroatoms. The second-order valence-corrected chi connectivity index (χ2v) is 3.92. The molecule has 0 saturated heterocycles. The van der Waals surface area contributed by atoms with Gasteiger partial charge in [-0.05, 0) is 24.3 Å². The molecule has 3 rings (SSSR count). The SMILES string of the molecule is O=C(O)c1nc(-c2cccc(F)c2)n2ncccc12. The van der Waals surface area contributed by atoms with Crippen molar-refractivity contribution in [2.75, 3.05) is 0 Å². The minimum absolute atomic E-state index is 0.104. The first-order chi connectivity index (χ1) is 9.16. The van der Waals surface area contributed by atoms with Crippen LogP contribution >= 0.6 is 0 Å². The van der Waals surface area contributed by atoms with Crippen molar-refractivity contribution in [2.24, 2.45) is 0 Å². The summed E-state index contributed by atoms with van der Waals surface area (Å²) >= 11 is 0. The quantitative estimate of drug-likeness (QED) is 0.764. The third kappa shape index (κ3) is 1.83. The van der Waals surface area contributed by atoms with Crippen molar-refractivity contribution in [3.05, 3.63) is 54.1 Å². The number of aromatic nitrogens is 3. The minimum Gasteiger partial charge on any atom is -0.476 e. The van der Waals surface area contributed by atoms with Crippen LogP contribution in [-0.4, -0.2) is 25.7 Å². The molecule has 0 unspecified atom stereocenters. The van der Waals surface area contributed by atoms with Crippen molar-refractivity contribution in [2.45, 2.75) is 0 Å². The maximum atomic E-state index is 13.2. The van der Waals surface area contributed by atoms with Gasteiger partial charge in [0.1, 0.15) is 11.3 Å². The highest BCUT2D eigenvalue weighted by Gasteiger charge is 2.18. The summed E-state index contributed by atoms with van der Waals surface area (Å²) in [5.74, 6) is -1.26. The molecule has 0 radical (unpaired) electrons. The molecule has 0 bridgehead atoms. The van der Waals surface area contributed by atoms with Crippen LogP contribution in [0.3, 0.4) is 0 Å². The Labute approximate surface area is 107 Å². The van der Waals surface area contributed by atoms with Gasteiger partial charge in [0.25, 0.3) is 0 Å². The van der Waals surface area contributed by atoms with Crippen molar-refractivity contribution in [3.63, 3.8) is 0 Å². The van der Waals surface area contributed by atoms with Crippen LogP contribution in [0.5, 0.6) is 0 Å². The van der Waals surface area contributed by atoms with Gasteiger partial charge in [-0.3, -0.25) is 0 Å². The van der Waals surface area contributed by atoms with E-state index in [2.05, 4.69) is 10.1 Å². The Morgan fingerprint density at radius 2 is 2.11 bits per heavy atom. The van der Waals surface area contributed by atoms with Crippen LogP contribution in [-0.2, 0) is 0 Å². The van der Waals surface area contributed by atoms with Gasteiger partial charge in [0.15, 0.2) is 11.5 Å². The van der Waals surface area contributed by atoms with E-state index in [1.807, 2.05) is 0 Å². The van der Waals surface area contributed by atoms with E-state index in [4.69, 9.17) is 5.11 Å². The lowest BCUT2D eigenvalue weighted by Crippen LogP contribution is -1.97. The van der Waals surface area contributed by atoms with Crippen LogP contribution < -0.4 is 0 Å². The maximum Gasteiger partial charge on any atom is 0.356 e. The monoisotopic (exact) mass is 257 g/mol. The average molecular weight is 257 g/mol. The van der Waals surface area contributed by atoms with E-state index in [1.165, 1.54) is 28.9 Å². The Kier molecular flexibility index (Phi) is 2.49. The van der Waals surface area contributed by atoms with E-state index in [9.17, 15) is 9.18 Å². The van der Waals surface area contributed by atoms with E-state index in [0.717, 1.165) is 0 Å². The molecule has 0 spiro atoms. The summed E-state index contributed by atoms with van der Waals surface area (Å²) in [5.41, 5.74) is 0.739. The predicted octanol–water partition coefficient (Wildman–Crippen LogP) is 2.23. The number of hydrogen-bond acceptors (Lipinski definition) is 3. The summed E-state index contributed by atoms with van der Waals surface area (Å²) in [6, 6.07) is 9.01. The molecule has 2 heterocycles. The van der Waals surface area contributed by atoms with Gasteiger partial charge in [-0.2, -0.15) is 5.10 Å². The molecule has 94 valence electrons. The van der Waals surface area contributed by atoms with Crippen LogP contribution in [0, 0.1) is 5.82 Å². The fraction of sp³-hybridized carbons (Fsp3) is 0. The Morgan fingerprint density at radius 3 is 2.84 bits per heavy atom. The molecule has 2 aromatic heterocycles. The Hall–Kier alpha value is -2.76. The molecule has 1 aromatic carbocycles. The number of carboxylic acid groups (broad SMARTS) is 1. The Morgan fingerprint density at radius 1 is 1.26 bits per heavy atom. The molecule has 0 aliphatic carbocycles. The Balaban J connectivity index is 2.33.